The van der Waals surface area contributed by atoms with Crippen LogP contribution in [0.3, 0.4) is 0 Å². The second-order valence-corrected chi connectivity index (χ2v) is 4.19. The fraction of sp³-hybridized carbons (Fsp3) is 0.818. The highest BCUT2D eigenvalue weighted by atomic mass is 16.4. The van der Waals surface area contributed by atoms with Crippen LogP contribution in [-0.4, -0.2) is 36.1 Å². The van der Waals surface area contributed by atoms with Crippen LogP contribution >= 0.6 is 0 Å². The molecule has 0 spiro atoms. The van der Waals surface area contributed by atoms with Gasteiger partial charge in [0.2, 0.25) is 5.91 Å². The Morgan fingerprint density at radius 1 is 1.31 bits per heavy atom. The van der Waals surface area contributed by atoms with Crippen LogP contribution < -0.4 is 10.6 Å². The lowest BCUT2D eigenvalue weighted by Crippen LogP contribution is -2.39. The monoisotopic (exact) mass is 230 g/mol. The van der Waals surface area contributed by atoms with Crippen molar-refractivity contribution < 1.29 is 14.7 Å². The van der Waals surface area contributed by atoms with E-state index in [1.165, 1.54) is 0 Å². The summed E-state index contributed by atoms with van der Waals surface area (Å²) in [7, 11) is 0. The molecule has 0 rings (SSSR count). The Morgan fingerprint density at radius 3 is 2.38 bits per heavy atom. The average molecular weight is 230 g/mol. The molecule has 1 atom stereocenters. The van der Waals surface area contributed by atoms with Gasteiger partial charge in [-0.2, -0.15) is 0 Å². The highest BCUT2D eigenvalue weighted by molar-refractivity contribution is 5.78. The molecule has 3 N–H and O–H groups in total. The number of carbonyl (C=O) groups excluding carboxylic acids is 1. The van der Waals surface area contributed by atoms with Gasteiger partial charge >= 0.3 is 5.97 Å². The Morgan fingerprint density at radius 2 is 1.94 bits per heavy atom. The van der Waals surface area contributed by atoms with Gasteiger partial charge < -0.3 is 15.7 Å². The molecule has 0 bridgehead atoms. The van der Waals surface area contributed by atoms with E-state index in [9.17, 15) is 9.59 Å². The summed E-state index contributed by atoms with van der Waals surface area (Å²) in [4.78, 5) is 22.1. The molecule has 0 fully saturated rings. The summed E-state index contributed by atoms with van der Waals surface area (Å²) in [5.74, 6) is -0.601. The van der Waals surface area contributed by atoms with Crippen molar-refractivity contribution in [2.45, 2.75) is 39.7 Å². The van der Waals surface area contributed by atoms with Crippen molar-refractivity contribution in [3.63, 3.8) is 0 Å². The Balaban J connectivity index is 3.94. The van der Waals surface area contributed by atoms with Crippen LogP contribution in [0.5, 0.6) is 0 Å². The van der Waals surface area contributed by atoms with E-state index in [0.717, 1.165) is 0 Å². The molecule has 5 heteroatoms. The molecule has 0 saturated carbocycles. The predicted molar refractivity (Wildman–Crippen MR) is 62.2 cm³/mol. The van der Waals surface area contributed by atoms with Gasteiger partial charge in [0.05, 0.1) is 0 Å². The first-order valence-electron chi connectivity index (χ1n) is 5.70. The molecule has 0 aliphatic heterocycles. The number of aliphatic carboxylic acids is 1. The molecule has 0 saturated heterocycles. The van der Waals surface area contributed by atoms with Gasteiger partial charge in [0, 0.05) is 13.0 Å². The summed E-state index contributed by atoms with van der Waals surface area (Å²) in [5.41, 5.74) is 0. The van der Waals surface area contributed by atoms with E-state index in [-0.39, 0.29) is 12.3 Å². The largest absolute Gasteiger partial charge is 0.480 e. The Labute approximate surface area is 96.6 Å². The zero-order valence-electron chi connectivity index (χ0n) is 10.2. The molecule has 1 amide bonds. The summed E-state index contributed by atoms with van der Waals surface area (Å²) < 4.78 is 0. The second kappa shape index (κ2) is 8.10. The molecule has 94 valence electrons. The van der Waals surface area contributed by atoms with Crippen LogP contribution in [0.1, 0.15) is 33.6 Å². The smallest absolute Gasteiger partial charge is 0.320 e. The van der Waals surface area contributed by atoms with Crippen LogP contribution in [0.15, 0.2) is 0 Å². The minimum atomic E-state index is -0.898. The number of carboxylic acids is 1. The topological polar surface area (TPSA) is 78.4 Å². The Bertz CT molecular complexity index is 229. The molecule has 0 aliphatic carbocycles. The van der Waals surface area contributed by atoms with Crippen LogP contribution in [0.2, 0.25) is 0 Å². The van der Waals surface area contributed by atoms with Crippen molar-refractivity contribution in [1.29, 1.82) is 0 Å². The fourth-order valence-electron chi connectivity index (χ4n) is 1.25. The van der Waals surface area contributed by atoms with Crippen molar-refractivity contribution in [2.24, 2.45) is 5.92 Å². The maximum atomic E-state index is 11.2. The predicted octanol–water partition coefficient (Wildman–Crippen LogP) is 0.601. The van der Waals surface area contributed by atoms with Crippen LogP contribution in [0, 0.1) is 5.92 Å². The van der Waals surface area contributed by atoms with Crippen molar-refractivity contribution in [2.75, 3.05) is 13.1 Å². The minimum Gasteiger partial charge on any atom is -0.480 e. The maximum Gasteiger partial charge on any atom is 0.320 e. The fourth-order valence-corrected chi connectivity index (χ4v) is 1.25. The van der Waals surface area contributed by atoms with Crippen LogP contribution in [0.25, 0.3) is 0 Å². The molecule has 0 radical (unpaired) electrons. The molecule has 0 aliphatic rings. The van der Waals surface area contributed by atoms with Gasteiger partial charge in [-0.05, 0) is 25.8 Å². The molecule has 16 heavy (non-hydrogen) atoms. The van der Waals surface area contributed by atoms with Gasteiger partial charge in [0.15, 0.2) is 0 Å². The minimum absolute atomic E-state index is 0.0971. The highest BCUT2D eigenvalue weighted by Crippen LogP contribution is 1.99. The standard InChI is InChI=1S/C11H22N2O3/c1-4-12-10(14)6-5-9(11(15)16)13-7-8(2)3/h8-9,13H,4-7H2,1-3H3,(H,12,14)(H,15,16). The summed E-state index contributed by atoms with van der Waals surface area (Å²) in [5, 5.41) is 14.5. The first-order valence-corrected chi connectivity index (χ1v) is 5.70. The van der Waals surface area contributed by atoms with Crippen molar-refractivity contribution >= 4 is 11.9 Å². The highest BCUT2D eigenvalue weighted by Gasteiger charge is 2.17. The van der Waals surface area contributed by atoms with E-state index in [0.29, 0.717) is 25.4 Å². The first-order chi connectivity index (χ1) is 7.47. The number of amides is 1. The quantitative estimate of drug-likeness (QED) is 0.570. The summed E-state index contributed by atoms with van der Waals surface area (Å²) >= 11 is 0. The number of carbonyl (C=O) groups is 2. The van der Waals surface area contributed by atoms with E-state index in [4.69, 9.17) is 5.11 Å². The van der Waals surface area contributed by atoms with Crippen LogP contribution in [0.4, 0.5) is 0 Å². The molecule has 1 unspecified atom stereocenters. The number of nitrogens with one attached hydrogen (secondary N) is 2. The normalized spacial score (nSPS) is 12.5. The van der Waals surface area contributed by atoms with E-state index < -0.39 is 12.0 Å². The molecular weight excluding hydrogens is 208 g/mol. The van der Waals surface area contributed by atoms with Gasteiger partial charge in [0.1, 0.15) is 6.04 Å². The third-order valence-electron chi connectivity index (χ3n) is 2.10. The lowest BCUT2D eigenvalue weighted by atomic mass is 10.1. The molecule has 0 aromatic rings. The van der Waals surface area contributed by atoms with E-state index in [2.05, 4.69) is 10.6 Å². The first kappa shape index (κ1) is 14.9. The van der Waals surface area contributed by atoms with Gasteiger partial charge in [0.25, 0.3) is 0 Å². The molecule has 0 aromatic heterocycles. The summed E-state index contributed by atoms with van der Waals surface area (Å²) in [6.45, 7) is 7.08. The maximum absolute atomic E-state index is 11.2. The van der Waals surface area contributed by atoms with Crippen molar-refractivity contribution in [1.82, 2.24) is 10.6 Å². The third-order valence-corrected chi connectivity index (χ3v) is 2.10. The van der Waals surface area contributed by atoms with Gasteiger partial charge in [-0.1, -0.05) is 13.8 Å². The molecule has 5 nitrogen and oxygen atoms in total. The number of rotatable bonds is 8. The van der Waals surface area contributed by atoms with Crippen molar-refractivity contribution in [3.8, 4) is 0 Å². The third kappa shape index (κ3) is 7.23. The zero-order valence-corrected chi connectivity index (χ0v) is 10.2. The Hall–Kier alpha value is -1.10. The molecular formula is C11H22N2O3. The van der Waals surface area contributed by atoms with Gasteiger partial charge in [-0.25, -0.2) is 0 Å². The zero-order chi connectivity index (χ0) is 12.6. The lowest BCUT2D eigenvalue weighted by Gasteiger charge is -2.15. The number of hydrogen-bond donors (Lipinski definition) is 3. The number of carboxylic acid groups (broad SMARTS) is 1. The average Bonchev–Trinajstić information content (AvgIpc) is 2.17. The number of hydrogen-bond acceptors (Lipinski definition) is 3. The van der Waals surface area contributed by atoms with Crippen molar-refractivity contribution in [3.05, 3.63) is 0 Å². The van der Waals surface area contributed by atoms with E-state index >= 15 is 0 Å². The molecule has 0 aromatic carbocycles. The molecule has 0 heterocycles. The van der Waals surface area contributed by atoms with E-state index in [1.807, 2.05) is 20.8 Å². The van der Waals surface area contributed by atoms with Crippen LogP contribution in [-0.2, 0) is 9.59 Å². The van der Waals surface area contributed by atoms with E-state index in [1.54, 1.807) is 0 Å². The summed E-state index contributed by atoms with van der Waals surface area (Å²) in [6, 6.07) is -0.634. The summed E-state index contributed by atoms with van der Waals surface area (Å²) in [6.07, 6.45) is 0.573. The van der Waals surface area contributed by atoms with Gasteiger partial charge in [-0.15, -0.1) is 0 Å². The Kier molecular flexibility index (Phi) is 7.54. The lowest BCUT2D eigenvalue weighted by molar-refractivity contribution is -0.139. The SMILES string of the molecule is CCNC(=O)CCC(NCC(C)C)C(=O)O. The second-order valence-electron chi connectivity index (χ2n) is 4.19. The van der Waals surface area contributed by atoms with Gasteiger partial charge in [-0.3, -0.25) is 9.59 Å².